The fourth-order valence-electron chi connectivity index (χ4n) is 1.11. The summed E-state index contributed by atoms with van der Waals surface area (Å²) in [7, 11) is 1.71. The molecule has 84 valence electrons. The summed E-state index contributed by atoms with van der Waals surface area (Å²) in [5.41, 5.74) is 0. The third kappa shape index (κ3) is 3.17. The van der Waals surface area contributed by atoms with Crippen LogP contribution in [-0.4, -0.2) is 19.6 Å². The van der Waals surface area contributed by atoms with Crippen molar-refractivity contribution >= 4 is 44.8 Å². The zero-order chi connectivity index (χ0) is 11.4. The number of halogens is 2. The van der Waals surface area contributed by atoms with Gasteiger partial charge in [0.1, 0.15) is 10.4 Å². The van der Waals surface area contributed by atoms with E-state index in [1.54, 1.807) is 14.0 Å². The van der Waals surface area contributed by atoms with Gasteiger partial charge in [-0.05, 0) is 36.0 Å². The van der Waals surface area contributed by atoms with Crippen LogP contribution >= 0.6 is 38.9 Å². The first-order chi connectivity index (χ1) is 7.10. The molecule has 0 saturated carbocycles. The van der Waals surface area contributed by atoms with Crippen molar-refractivity contribution in [3.05, 3.63) is 19.8 Å². The Morgan fingerprint density at radius 3 is 2.87 bits per heavy atom. The van der Waals surface area contributed by atoms with Crippen LogP contribution in [0.5, 0.6) is 0 Å². The number of hydrogen-bond donors (Lipinski definition) is 1. The van der Waals surface area contributed by atoms with Gasteiger partial charge in [-0.1, -0.05) is 11.6 Å². The van der Waals surface area contributed by atoms with Crippen molar-refractivity contribution < 1.29 is 9.53 Å². The summed E-state index contributed by atoms with van der Waals surface area (Å²) in [4.78, 5) is 12.4. The van der Waals surface area contributed by atoms with Gasteiger partial charge in [-0.15, -0.1) is 11.3 Å². The average molecular weight is 313 g/mol. The number of ether oxygens (including phenoxy) is 1. The van der Waals surface area contributed by atoms with Gasteiger partial charge in [0.15, 0.2) is 0 Å². The lowest BCUT2D eigenvalue weighted by molar-refractivity contribution is -0.145. The van der Waals surface area contributed by atoms with Gasteiger partial charge in [-0.2, -0.15) is 0 Å². The monoisotopic (exact) mass is 311 g/mol. The van der Waals surface area contributed by atoms with Crippen molar-refractivity contribution in [3.8, 4) is 0 Å². The predicted molar refractivity (Wildman–Crippen MR) is 65.5 cm³/mol. The smallest absolute Gasteiger partial charge is 0.328 e. The van der Waals surface area contributed by atoms with E-state index in [2.05, 4.69) is 21.2 Å². The molecule has 0 aliphatic rings. The molecular weight excluding hydrogens is 302 g/mol. The van der Waals surface area contributed by atoms with Crippen molar-refractivity contribution in [2.45, 2.75) is 13.0 Å². The topological polar surface area (TPSA) is 38.3 Å². The van der Waals surface area contributed by atoms with Gasteiger partial charge in [0.2, 0.25) is 0 Å². The van der Waals surface area contributed by atoms with Gasteiger partial charge >= 0.3 is 5.97 Å². The van der Waals surface area contributed by atoms with Crippen LogP contribution in [0.3, 0.4) is 0 Å². The quantitative estimate of drug-likeness (QED) is 0.869. The van der Waals surface area contributed by atoms with Crippen molar-refractivity contribution in [3.63, 3.8) is 0 Å². The van der Waals surface area contributed by atoms with E-state index in [9.17, 15) is 4.79 Å². The van der Waals surface area contributed by atoms with Crippen molar-refractivity contribution in [1.82, 2.24) is 5.32 Å². The van der Waals surface area contributed by atoms with Crippen molar-refractivity contribution in [2.75, 3.05) is 13.7 Å². The molecule has 0 aliphatic carbocycles. The molecule has 0 spiro atoms. The number of esters is 1. The summed E-state index contributed by atoms with van der Waals surface area (Å²) in [6, 6.07) is 1.38. The Morgan fingerprint density at radius 1 is 1.80 bits per heavy atom. The molecule has 1 unspecified atom stereocenters. The maximum atomic E-state index is 11.6. The molecule has 1 atom stereocenters. The molecule has 1 rings (SSSR count). The van der Waals surface area contributed by atoms with E-state index in [1.807, 2.05) is 6.07 Å². The Bertz CT molecular complexity index is 336. The molecule has 1 aromatic rings. The normalized spacial score (nSPS) is 12.5. The third-order valence-corrected chi connectivity index (χ3v) is 4.30. The van der Waals surface area contributed by atoms with Crippen LogP contribution in [0.15, 0.2) is 10.5 Å². The Morgan fingerprint density at radius 2 is 2.47 bits per heavy atom. The van der Waals surface area contributed by atoms with Gasteiger partial charge in [0.25, 0.3) is 0 Å². The van der Waals surface area contributed by atoms with E-state index >= 15 is 0 Å². The number of nitrogens with one attached hydrogen (secondary N) is 1. The predicted octanol–water partition coefficient (Wildman–Crippen LogP) is 2.99. The van der Waals surface area contributed by atoms with Gasteiger partial charge in [-0.3, -0.25) is 0 Å². The van der Waals surface area contributed by atoms with Crippen molar-refractivity contribution in [1.29, 1.82) is 0 Å². The molecule has 6 heteroatoms. The summed E-state index contributed by atoms with van der Waals surface area (Å²) >= 11 is 10.6. The van der Waals surface area contributed by atoms with E-state index < -0.39 is 6.04 Å². The molecule has 0 aromatic carbocycles. The minimum Gasteiger partial charge on any atom is -0.465 e. The standard InChI is InChI=1S/C9H11BrClNO2S/c1-3-14-9(13)7(12-2)6-4-5(10)8(11)15-6/h4,7,12H,3H2,1-2H3. The van der Waals surface area contributed by atoms with Crippen LogP contribution in [0.25, 0.3) is 0 Å². The molecule has 0 saturated heterocycles. The average Bonchev–Trinajstić information content (AvgIpc) is 2.48. The lowest BCUT2D eigenvalue weighted by atomic mass is 10.2. The summed E-state index contributed by atoms with van der Waals surface area (Å²) in [6.07, 6.45) is 0. The summed E-state index contributed by atoms with van der Waals surface area (Å²) in [6.45, 7) is 2.15. The number of hydrogen-bond acceptors (Lipinski definition) is 4. The zero-order valence-electron chi connectivity index (χ0n) is 8.34. The van der Waals surface area contributed by atoms with Gasteiger partial charge in [-0.25, -0.2) is 4.79 Å². The van der Waals surface area contributed by atoms with Crippen LogP contribution in [0.4, 0.5) is 0 Å². The van der Waals surface area contributed by atoms with E-state index in [-0.39, 0.29) is 5.97 Å². The fraction of sp³-hybridized carbons (Fsp3) is 0.444. The van der Waals surface area contributed by atoms with E-state index in [4.69, 9.17) is 16.3 Å². The highest BCUT2D eigenvalue weighted by atomic mass is 79.9. The Labute approximate surface area is 106 Å². The van der Waals surface area contributed by atoms with E-state index in [0.29, 0.717) is 10.9 Å². The largest absolute Gasteiger partial charge is 0.465 e. The summed E-state index contributed by atoms with van der Waals surface area (Å²) in [5, 5.41) is 2.90. The second kappa shape index (κ2) is 5.84. The third-order valence-electron chi connectivity index (χ3n) is 1.76. The van der Waals surface area contributed by atoms with Crippen LogP contribution in [0.1, 0.15) is 17.8 Å². The maximum Gasteiger partial charge on any atom is 0.328 e. The SMILES string of the molecule is CCOC(=O)C(NC)c1cc(Br)c(Cl)s1. The number of thiophene rings is 1. The molecule has 0 radical (unpaired) electrons. The van der Waals surface area contributed by atoms with Gasteiger partial charge in [0, 0.05) is 9.35 Å². The first-order valence-corrected chi connectivity index (χ1v) is 6.37. The molecule has 15 heavy (non-hydrogen) atoms. The Kier molecular flexibility index (Phi) is 5.05. The number of rotatable bonds is 4. The van der Waals surface area contributed by atoms with E-state index in [0.717, 1.165) is 9.35 Å². The van der Waals surface area contributed by atoms with Gasteiger partial charge < -0.3 is 10.1 Å². The second-order valence-electron chi connectivity index (χ2n) is 2.74. The van der Waals surface area contributed by atoms with Crippen LogP contribution < -0.4 is 5.32 Å². The highest BCUT2D eigenvalue weighted by Gasteiger charge is 2.22. The lowest BCUT2D eigenvalue weighted by Crippen LogP contribution is -2.26. The zero-order valence-corrected chi connectivity index (χ0v) is 11.5. The summed E-state index contributed by atoms with van der Waals surface area (Å²) in [5.74, 6) is -0.287. The Hall–Kier alpha value is -0.100. The lowest BCUT2D eigenvalue weighted by Gasteiger charge is -2.12. The molecule has 1 heterocycles. The van der Waals surface area contributed by atoms with Crippen LogP contribution in [0, 0.1) is 0 Å². The van der Waals surface area contributed by atoms with E-state index in [1.165, 1.54) is 11.3 Å². The van der Waals surface area contributed by atoms with Crippen LogP contribution in [0.2, 0.25) is 4.34 Å². The number of carbonyl (C=O) groups is 1. The molecule has 0 fully saturated rings. The minimum atomic E-state index is -0.446. The molecule has 0 aliphatic heterocycles. The van der Waals surface area contributed by atoms with Crippen LogP contribution in [-0.2, 0) is 9.53 Å². The molecular formula is C9H11BrClNO2S. The molecule has 0 bridgehead atoms. The first-order valence-electron chi connectivity index (χ1n) is 4.38. The fourth-order valence-corrected chi connectivity index (χ4v) is 2.94. The highest BCUT2D eigenvalue weighted by molar-refractivity contribution is 9.10. The minimum absolute atomic E-state index is 0.287. The maximum absolute atomic E-state index is 11.6. The first kappa shape index (κ1) is 13.0. The Balaban J connectivity index is 2.87. The molecule has 1 aromatic heterocycles. The van der Waals surface area contributed by atoms with Crippen molar-refractivity contribution in [2.24, 2.45) is 0 Å². The molecule has 3 nitrogen and oxygen atoms in total. The summed E-state index contributed by atoms with van der Waals surface area (Å²) < 4.78 is 6.38. The highest BCUT2D eigenvalue weighted by Crippen LogP contribution is 2.35. The second-order valence-corrected chi connectivity index (χ2v) is 5.28. The van der Waals surface area contributed by atoms with Gasteiger partial charge in [0.05, 0.1) is 6.61 Å². The molecule has 1 N–H and O–H groups in total. The molecule has 0 amide bonds. The number of likely N-dealkylation sites (N-methyl/N-ethyl adjacent to an activating group) is 1. The number of carbonyl (C=O) groups excluding carboxylic acids is 1.